The third-order valence-corrected chi connectivity index (χ3v) is 8.95. The molecule has 5 heterocycles. The summed E-state index contributed by atoms with van der Waals surface area (Å²) in [6, 6.07) is 0. The number of allylic oxidation sites excluding steroid dienone is 2. The predicted octanol–water partition coefficient (Wildman–Crippen LogP) is 7.42. The van der Waals surface area contributed by atoms with Crippen LogP contribution in [-0.4, -0.2) is 67.9 Å². The maximum atomic E-state index is 5.28. The zero-order valence-corrected chi connectivity index (χ0v) is 34.6. The number of hydrogen-bond acceptors (Lipinski definition) is 8. The summed E-state index contributed by atoms with van der Waals surface area (Å²) in [5.74, 6) is 2.67. The van der Waals surface area contributed by atoms with E-state index in [1.807, 2.05) is 28.2 Å². The molecule has 0 amide bonds. The summed E-state index contributed by atoms with van der Waals surface area (Å²) in [6.07, 6.45) is 11.2. The van der Waals surface area contributed by atoms with Gasteiger partial charge < -0.3 is 39.7 Å². The SMILES string of the molecule is CCCC1=C(CCC)c2nc1nc1[n-]c(nc3nc(nc4[n-]c(n2)c(CCC)c4CCC)C(N(C)C)=C3N(C)C)c(CCC)c1CCC.[Zn+2]. The van der Waals surface area contributed by atoms with Crippen LogP contribution in [0.1, 0.15) is 138 Å². The topological polar surface area (TPSA) is 112 Å². The molecule has 3 aromatic heterocycles. The van der Waals surface area contributed by atoms with Gasteiger partial charge in [-0.25, -0.2) is 9.97 Å². The van der Waals surface area contributed by atoms with Crippen molar-refractivity contribution < 1.29 is 19.5 Å². The molecule has 3 aromatic rings. The molecule has 8 bridgehead atoms. The number of hydrogen-bond donors (Lipinski definition) is 0. The Bertz CT molecular complexity index is 1730. The van der Waals surface area contributed by atoms with Crippen LogP contribution in [0.4, 0.5) is 0 Å². The van der Waals surface area contributed by atoms with Crippen LogP contribution in [0.3, 0.4) is 0 Å². The van der Waals surface area contributed by atoms with Crippen LogP contribution in [-0.2, 0) is 45.2 Å². The Morgan fingerprint density at radius 3 is 0.918 bits per heavy atom. The fourth-order valence-electron chi connectivity index (χ4n) is 6.95. The monoisotopic (exact) mass is 714 g/mol. The summed E-state index contributed by atoms with van der Waals surface area (Å²) >= 11 is 0. The second-order valence-electron chi connectivity index (χ2n) is 13.3. The normalized spacial score (nSPS) is 12.9. The molecule has 0 spiro atoms. The fourth-order valence-corrected chi connectivity index (χ4v) is 6.95. The van der Waals surface area contributed by atoms with Gasteiger partial charge in [0.2, 0.25) is 0 Å². The van der Waals surface area contributed by atoms with E-state index in [9.17, 15) is 0 Å². The largest absolute Gasteiger partial charge is 2.00 e. The van der Waals surface area contributed by atoms with Crippen molar-refractivity contribution >= 4 is 45.1 Å². The van der Waals surface area contributed by atoms with Crippen molar-refractivity contribution in [2.24, 2.45) is 0 Å². The van der Waals surface area contributed by atoms with Crippen molar-refractivity contribution in [1.82, 2.24) is 49.7 Å². The van der Waals surface area contributed by atoms with Gasteiger partial charge in [-0.1, -0.05) is 80.1 Å². The van der Waals surface area contributed by atoms with Crippen molar-refractivity contribution in [2.75, 3.05) is 28.2 Å². The van der Waals surface area contributed by atoms with Crippen LogP contribution < -0.4 is 9.97 Å². The number of fused-ring (bicyclic) bond motifs is 8. The Hall–Kier alpha value is -3.46. The maximum absolute atomic E-state index is 5.28. The molecular weight excluding hydrogens is 662 g/mol. The molecule has 0 aliphatic carbocycles. The van der Waals surface area contributed by atoms with Crippen LogP contribution >= 0.6 is 0 Å². The van der Waals surface area contributed by atoms with Gasteiger partial charge in [-0.05, 0) is 71.9 Å². The maximum Gasteiger partial charge on any atom is 2.00 e. The predicted molar refractivity (Wildman–Crippen MR) is 197 cm³/mol. The Morgan fingerprint density at radius 1 is 0.388 bits per heavy atom. The van der Waals surface area contributed by atoms with Gasteiger partial charge in [-0.2, -0.15) is 0 Å². The second kappa shape index (κ2) is 17.0. The van der Waals surface area contributed by atoms with Crippen LogP contribution in [0.2, 0.25) is 0 Å². The summed E-state index contributed by atoms with van der Waals surface area (Å²) in [4.78, 5) is 45.8. The molecule has 5 rings (SSSR count). The van der Waals surface area contributed by atoms with Crippen molar-refractivity contribution in [1.29, 1.82) is 0 Å². The van der Waals surface area contributed by atoms with Crippen LogP contribution in [0.5, 0.6) is 0 Å². The van der Waals surface area contributed by atoms with E-state index in [1.54, 1.807) is 0 Å². The molecule has 0 fully saturated rings. The number of aryl methyl sites for hydroxylation is 4. The zero-order chi connectivity index (χ0) is 34.5. The van der Waals surface area contributed by atoms with Crippen molar-refractivity contribution in [3.63, 3.8) is 0 Å². The van der Waals surface area contributed by atoms with Crippen LogP contribution in [0.15, 0.2) is 0 Å². The average molecular weight is 716 g/mol. The fraction of sp³-hybridized carbons (Fsp3) is 0.579. The average Bonchev–Trinajstić information content (AvgIpc) is 3.74. The van der Waals surface area contributed by atoms with Gasteiger partial charge in [-0.3, -0.25) is 0 Å². The zero-order valence-electron chi connectivity index (χ0n) is 31.7. The molecule has 0 saturated carbocycles. The first-order valence-corrected chi connectivity index (χ1v) is 18.2. The molecule has 0 radical (unpaired) electrons. The first kappa shape index (κ1) is 38.3. The van der Waals surface area contributed by atoms with Gasteiger partial charge in [0.25, 0.3) is 0 Å². The van der Waals surface area contributed by atoms with Crippen LogP contribution in [0, 0.1) is 0 Å². The molecule has 0 N–H and O–H groups in total. The minimum atomic E-state index is 0. The van der Waals surface area contributed by atoms with E-state index < -0.39 is 0 Å². The van der Waals surface area contributed by atoms with Gasteiger partial charge >= 0.3 is 19.5 Å². The number of rotatable bonds is 14. The van der Waals surface area contributed by atoms with E-state index in [-0.39, 0.29) is 19.5 Å². The third-order valence-electron chi connectivity index (χ3n) is 8.95. The van der Waals surface area contributed by atoms with E-state index in [0.29, 0.717) is 22.9 Å². The molecule has 0 saturated heterocycles. The van der Waals surface area contributed by atoms with E-state index >= 15 is 0 Å². The van der Waals surface area contributed by atoms with Gasteiger partial charge in [0.1, 0.15) is 11.6 Å². The number of aromatic nitrogens is 8. The summed E-state index contributed by atoms with van der Waals surface area (Å²) < 4.78 is 0. The van der Waals surface area contributed by atoms with Crippen molar-refractivity contribution in [3.8, 4) is 0 Å². The summed E-state index contributed by atoms with van der Waals surface area (Å²) in [7, 11) is 8.13. The molecule has 10 nitrogen and oxygen atoms in total. The second-order valence-corrected chi connectivity index (χ2v) is 13.3. The summed E-state index contributed by atoms with van der Waals surface area (Å²) in [5, 5.41) is 0. The minimum absolute atomic E-state index is 0. The molecule has 0 atom stereocenters. The van der Waals surface area contributed by atoms with Gasteiger partial charge in [0.15, 0.2) is 0 Å². The molecule has 258 valence electrons. The Balaban J connectivity index is 0.00000541. The quantitative estimate of drug-likeness (QED) is 0.156. The van der Waals surface area contributed by atoms with Gasteiger partial charge in [0.05, 0.1) is 23.0 Å². The van der Waals surface area contributed by atoms with Crippen molar-refractivity contribution in [2.45, 2.75) is 119 Å². The number of nitrogens with zero attached hydrogens (tertiary/aromatic N) is 10. The molecular formula is C38H54N10Zn. The van der Waals surface area contributed by atoms with Crippen molar-refractivity contribution in [3.05, 3.63) is 45.6 Å². The van der Waals surface area contributed by atoms with Crippen LogP contribution in [0.25, 0.3) is 45.1 Å². The Morgan fingerprint density at radius 2 is 0.653 bits per heavy atom. The molecule has 2 aliphatic heterocycles. The summed E-state index contributed by atoms with van der Waals surface area (Å²) in [6.45, 7) is 13.3. The molecule has 0 aromatic carbocycles. The standard InChI is InChI=1S/C38H54N10.Zn/c1-11-17-23-24(18-12-2)32-39-31(23)40-33-25(19-13-3)27(21-15-5)35(42-33)44-37-29(47(7)8)30(48(9)10)38(46-37)45-36-28(22-16-6)26(20-14-4)34(41-32)43-36;/h11-22H2,1-10H3;/q-2;+2. The molecule has 2 aliphatic rings. The third kappa shape index (κ3) is 7.67. The Labute approximate surface area is 305 Å². The minimum Gasteiger partial charge on any atom is -0.374 e. The van der Waals surface area contributed by atoms with Gasteiger partial charge in [0, 0.05) is 50.8 Å². The first-order chi connectivity index (χ1) is 23.2. The van der Waals surface area contributed by atoms with E-state index in [1.165, 1.54) is 11.1 Å². The van der Waals surface area contributed by atoms with Gasteiger partial charge in [-0.15, -0.1) is 0 Å². The Kier molecular flexibility index (Phi) is 13.3. The smallest absolute Gasteiger partial charge is 0.374 e. The van der Waals surface area contributed by atoms with E-state index in [2.05, 4.69) is 51.3 Å². The van der Waals surface area contributed by atoms with E-state index in [0.717, 1.165) is 134 Å². The summed E-state index contributed by atoms with van der Waals surface area (Å²) in [5.41, 5.74) is 11.6. The molecule has 49 heavy (non-hydrogen) atoms. The first-order valence-electron chi connectivity index (χ1n) is 18.2. The molecule has 11 heteroatoms. The van der Waals surface area contributed by atoms with E-state index in [4.69, 9.17) is 39.9 Å². The molecule has 0 unspecified atom stereocenters.